The fraction of sp³-hybridized carbons (Fsp3) is 0.273. The standard InChI is InChI=1S/C22H22BrN3O5S/c1-3-30-22(28)20-18(12-32(29)11-14-5-4-8-31-14)25(2)17-9-16(23)21(27)15(19(17)20)10-26-7-6-24-13-26/h4-9,13,27H,3,10-12H2,1-2H3. The van der Waals surface area contributed by atoms with E-state index in [2.05, 4.69) is 20.9 Å². The quantitative estimate of drug-likeness (QED) is 0.351. The van der Waals surface area contributed by atoms with E-state index in [9.17, 15) is 14.1 Å². The molecule has 3 aromatic heterocycles. The van der Waals surface area contributed by atoms with Crippen molar-refractivity contribution in [2.75, 3.05) is 6.61 Å². The lowest BCUT2D eigenvalue weighted by Gasteiger charge is -2.11. The number of carbonyl (C=O) groups excluding carboxylic acids is 1. The van der Waals surface area contributed by atoms with Gasteiger partial charge in [-0.3, -0.25) is 4.21 Å². The van der Waals surface area contributed by atoms with Gasteiger partial charge in [0.1, 0.15) is 11.5 Å². The highest BCUT2D eigenvalue weighted by molar-refractivity contribution is 9.10. The number of phenolic OH excluding ortho intramolecular Hbond substituents is 1. The van der Waals surface area contributed by atoms with E-state index in [0.29, 0.717) is 39.0 Å². The lowest BCUT2D eigenvalue weighted by Crippen LogP contribution is -2.12. The van der Waals surface area contributed by atoms with E-state index in [1.54, 1.807) is 48.4 Å². The third-order valence-corrected chi connectivity index (χ3v) is 7.01. The van der Waals surface area contributed by atoms with Crippen LogP contribution in [0.2, 0.25) is 0 Å². The minimum absolute atomic E-state index is 0.0330. The van der Waals surface area contributed by atoms with Crippen molar-refractivity contribution in [3.8, 4) is 5.75 Å². The number of furan rings is 1. The molecular weight excluding hydrogens is 498 g/mol. The molecule has 32 heavy (non-hydrogen) atoms. The number of halogens is 1. The highest BCUT2D eigenvalue weighted by atomic mass is 79.9. The van der Waals surface area contributed by atoms with Crippen molar-refractivity contribution < 1.29 is 23.3 Å². The molecule has 1 N–H and O–H groups in total. The predicted octanol–water partition coefficient (Wildman–Crippen LogP) is 4.11. The van der Waals surface area contributed by atoms with Crippen LogP contribution in [-0.4, -0.2) is 36.0 Å². The summed E-state index contributed by atoms with van der Waals surface area (Å²) in [6, 6.07) is 5.27. The molecule has 10 heteroatoms. The van der Waals surface area contributed by atoms with E-state index in [4.69, 9.17) is 9.15 Å². The van der Waals surface area contributed by atoms with Crippen molar-refractivity contribution in [1.82, 2.24) is 14.1 Å². The van der Waals surface area contributed by atoms with E-state index in [-0.39, 0.29) is 23.9 Å². The first-order valence-corrected chi connectivity index (χ1v) is 12.2. The van der Waals surface area contributed by atoms with Crippen LogP contribution in [0.15, 0.2) is 52.1 Å². The monoisotopic (exact) mass is 519 g/mol. The van der Waals surface area contributed by atoms with Gasteiger partial charge in [0.2, 0.25) is 0 Å². The molecule has 1 unspecified atom stereocenters. The smallest absolute Gasteiger partial charge is 0.340 e. The van der Waals surface area contributed by atoms with Gasteiger partial charge in [0.05, 0.1) is 52.8 Å². The Labute approximate surface area is 195 Å². The molecule has 4 aromatic rings. The van der Waals surface area contributed by atoms with Gasteiger partial charge in [0.25, 0.3) is 0 Å². The lowest BCUT2D eigenvalue weighted by atomic mass is 10.0. The van der Waals surface area contributed by atoms with E-state index in [1.807, 2.05) is 11.6 Å². The Morgan fingerprint density at radius 2 is 2.19 bits per heavy atom. The van der Waals surface area contributed by atoms with Gasteiger partial charge in [0, 0.05) is 46.9 Å². The zero-order valence-electron chi connectivity index (χ0n) is 17.6. The van der Waals surface area contributed by atoms with Gasteiger partial charge in [-0.25, -0.2) is 9.78 Å². The summed E-state index contributed by atoms with van der Waals surface area (Å²) >= 11 is 3.42. The summed E-state index contributed by atoms with van der Waals surface area (Å²) in [4.78, 5) is 17.1. The second-order valence-corrected chi connectivity index (χ2v) is 9.54. The Balaban J connectivity index is 1.89. The molecule has 8 nitrogen and oxygen atoms in total. The summed E-state index contributed by atoms with van der Waals surface area (Å²) in [6.07, 6.45) is 6.60. The topological polar surface area (TPSA) is 99.5 Å². The third kappa shape index (κ3) is 4.24. The van der Waals surface area contributed by atoms with Gasteiger partial charge in [0.15, 0.2) is 0 Å². The molecule has 0 aliphatic rings. The highest BCUT2D eigenvalue weighted by Gasteiger charge is 2.28. The fourth-order valence-corrected chi connectivity index (χ4v) is 5.43. The molecule has 0 aliphatic heterocycles. The van der Waals surface area contributed by atoms with Crippen molar-refractivity contribution in [3.05, 3.63) is 70.2 Å². The van der Waals surface area contributed by atoms with Gasteiger partial charge >= 0.3 is 5.97 Å². The molecule has 1 atom stereocenters. The number of aromatic nitrogens is 3. The first-order valence-electron chi connectivity index (χ1n) is 9.92. The number of nitrogens with zero attached hydrogens (tertiary/aromatic N) is 3. The number of carbonyl (C=O) groups is 1. The maximum absolute atomic E-state index is 13.1. The molecule has 0 fully saturated rings. The minimum atomic E-state index is -1.33. The normalized spacial score (nSPS) is 12.3. The number of aromatic hydroxyl groups is 1. The summed E-state index contributed by atoms with van der Waals surface area (Å²) in [7, 11) is 0.486. The fourth-order valence-electron chi connectivity index (χ4n) is 3.74. The molecule has 0 bridgehead atoms. The highest BCUT2D eigenvalue weighted by Crippen LogP contribution is 2.40. The molecule has 0 spiro atoms. The van der Waals surface area contributed by atoms with Crippen LogP contribution in [0.4, 0.5) is 0 Å². The number of ether oxygens (including phenoxy) is 1. The summed E-state index contributed by atoms with van der Waals surface area (Å²) in [5.41, 5.74) is 2.16. The summed E-state index contributed by atoms with van der Waals surface area (Å²) in [6.45, 7) is 2.23. The number of fused-ring (bicyclic) bond motifs is 1. The summed E-state index contributed by atoms with van der Waals surface area (Å²) < 4.78 is 27.7. The first-order chi connectivity index (χ1) is 15.4. The molecule has 0 saturated carbocycles. The largest absolute Gasteiger partial charge is 0.506 e. The Bertz CT molecular complexity index is 1280. The molecule has 0 amide bonds. The summed E-state index contributed by atoms with van der Waals surface area (Å²) in [5, 5.41) is 11.4. The van der Waals surface area contributed by atoms with Gasteiger partial charge in [-0.05, 0) is 41.1 Å². The van der Waals surface area contributed by atoms with Crippen molar-refractivity contribution in [3.63, 3.8) is 0 Å². The Morgan fingerprint density at radius 3 is 2.84 bits per heavy atom. The van der Waals surface area contributed by atoms with E-state index in [0.717, 1.165) is 5.52 Å². The molecule has 3 heterocycles. The number of hydrogen-bond acceptors (Lipinski definition) is 6. The first kappa shape index (κ1) is 22.3. The molecular formula is C22H22BrN3O5S. The van der Waals surface area contributed by atoms with E-state index >= 15 is 0 Å². The van der Waals surface area contributed by atoms with Gasteiger partial charge < -0.3 is 23.4 Å². The number of imidazole rings is 1. The Morgan fingerprint density at radius 1 is 1.38 bits per heavy atom. The third-order valence-electron chi connectivity index (χ3n) is 5.20. The number of esters is 1. The predicted molar refractivity (Wildman–Crippen MR) is 124 cm³/mol. The average Bonchev–Trinajstić information content (AvgIpc) is 3.50. The number of hydrogen-bond donors (Lipinski definition) is 1. The lowest BCUT2D eigenvalue weighted by molar-refractivity contribution is 0.0527. The van der Waals surface area contributed by atoms with Gasteiger partial charge in [-0.2, -0.15) is 0 Å². The molecule has 168 valence electrons. The number of rotatable bonds is 8. The van der Waals surface area contributed by atoms with Crippen molar-refractivity contribution in [1.29, 1.82) is 0 Å². The number of phenols is 1. The van der Waals surface area contributed by atoms with Crippen LogP contribution in [0.1, 0.15) is 34.3 Å². The average molecular weight is 520 g/mol. The number of aryl methyl sites for hydroxylation is 1. The van der Waals surface area contributed by atoms with Crippen molar-refractivity contribution in [2.24, 2.45) is 7.05 Å². The molecule has 0 saturated heterocycles. The Hall–Kier alpha value is -2.85. The van der Waals surface area contributed by atoms with Crippen molar-refractivity contribution >= 4 is 43.6 Å². The molecule has 4 rings (SSSR count). The SMILES string of the molecule is CCOC(=O)c1c(CS(=O)Cc2ccco2)n(C)c2cc(Br)c(O)c(Cn3ccnc3)c12. The number of benzene rings is 1. The van der Waals surface area contributed by atoms with Crippen LogP contribution in [0.25, 0.3) is 10.9 Å². The van der Waals surface area contributed by atoms with Crippen LogP contribution in [-0.2, 0) is 40.6 Å². The van der Waals surface area contributed by atoms with E-state index < -0.39 is 16.8 Å². The summed E-state index contributed by atoms with van der Waals surface area (Å²) in [5.74, 6) is 0.486. The zero-order chi connectivity index (χ0) is 22.8. The minimum Gasteiger partial charge on any atom is -0.506 e. The molecule has 0 radical (unpaired) electrons. The molecule has 1 aromatic carbocycles. The maximum atomic E-state index is 13.1. The van der Waals surface area contributed by atoms with Crippen LogP contribution in [0, 0.1) is 0 Å². The van der Waals surface area contributed by atoms with Crippen molar-refractivity contribution in [2.45, 2.75) is 25.0 Å². The van der Waals surface area contributed by atoms with E-state index in [1.165, 1.54) is 6.26 Å². The van der Waals surface area contributed by atoms with Gasteiger partial charge in [-0.15, -0.1) is 0 Å². The van der Waals surface area contributed by atoms with Crippen LogP contribution < -0.4 is 0 Å². The van der Waals surface area contributed by atoms with Gasteiger partial charge in [-0.1, -0.05) is 0 Å². The second-order valence-electron chi connectivity index (χ2n) is 7.22. The van der Waals surface area contributed by atoms with Crippen LogP contribution >= 0.6 is 15.9 Å². The van der Waals surface area contributed by atoms with Crippen LogP contribution in [0.3, 0.4) is 0 Å². The van der Waals surface area contributed by atoms with Crippen LogP contribution in [0.5, 0.6) is 5.75 Å². The second kappa shape index (κ2) is 9.33. The zero-order valence-corrected chi connectivity index (χ0v) is 20.0. The maximum Gasteiger partial charge on any atom is 0.340 e. The molecule has 0 aliphatic carbocycles. The Kier molecular flexibility index (Phi) is 6.52.